The van der Waals surface area contributed by atoms with Crippen molar-refractivity contribution >= 4 is 21.8 Å². The van der Waals surface area contributed by atoms with E-state index >= 15 is 0 Å². The molecule has 0 spiro atoms. The van der Waals surface area contributed by atoms with E-state index in [0.29, 0.717) is 16.3 Å². The van der Waals surface area contributed by atoms with Gasteiger partial charge in [-0.15, -0.1) is 0 Å². The van der Waals surface area contributed by atoms with E-state index < -0.39 is 0 Å². The zero-order valence-corrected chi connectivity index (χ0v) is 12.4. The van der Waals surface area contributed by atoms with Crippen LogP contribution in [0.4, 0.5) is 0 Å². The largest absolute Gasteiger partial charge is 0.457 e. The number of carbonyl (C=O) groups is 1. The molecule has 0 N–H and O–H groups in total. The van der Waals surface area contributed by atoms with Crippen LogP contribution in [0.3, 0.4) is 0 Å². The van der Waals surface area contributed by atoms with E-state index in [1.165, 1.54) is 6.26 Å². The Hall–Kier alpha value is -0.810. The van der Waals surface area contributed by atoms with E-state index in [4.69, 9.17) is 4.42 Å². The van der Waals surface area contributed by atoms with Crippen LogP contribution in [0, 0.1) is 0 Å². The summed E-state index contributed by atoms with van der Waals surface area (Å²) in [4.78, 5) is 16.6. The molecule has 1 amide bonds. The summed E-state index contributed by atoms with van der Waals surface area (Å²) in [5.74, 6) is 0.0550. The Morgan fingerprint density at radius 1 is 1.44 bits per heavy atom. The van der Waals surface area contributed by atoms with Crippen LogP contribution in [0.2, 0.25) is 0 Å². The molecule has 1 aromatic heterocycles. The molecule has 1 fully saturated rings. The van der Waals surface area contributed by atoms with Crippen molar-refractivity contribution in [1.82, 2.24) is 9.80 Å². The average Bonchev–Trinajstić information content (AvgIpc) is 2.83. The van der Waals surface area contributed by atoms with Gasteiger partial charge in [0.2, 0.25) is 0 Å². The van der Waals surface area contributed by atoms with Gasteiger partial charge in [-0.1, -0.05) is 6.92 Å². The summed E-state index contributed by atoms with van der Waals surface area (Å²) >= 11 is 3.26. The fourth-order valence-corrected chi connectivity index (χ4v) is 2.65. The number of hydrogen-bond donors (Lipinski definition) is 0. The second-order valence-corrected chi connectivity index (χ2v) is 5.41. The van der Waals surface area contributed by atoms with Gasteiger partial charge >= 0.3 is 0 Å². The first kappa shape index (κ1) is 13.6. The van der Waals surface area contributed by atoms with Gasteiger partial charge in [0.1, 0.15) is 0 Å². The predicted molar refractivity (Wildman–Crippen MR) is 73.6 cm³/mol. The summed E-state index contributed by atoms with van der Waals surface area (Å²) in [5, 5.41) is 0. The molecule has 1 aromatic rings. The van der Waals surface area contributed by atoms with Crippen molar-refractivity contribution in [2.45, 2.75) is 26.3 Å². The number of amides is 1. The number of carbonyl (C=O) groups excluding carboxylic acids is 1. The Morgan fingerprint density at radius 3 is 2.61 bits per heavy atom. The lowest BCUT2D eigenvalue weighted by Gasteiger charge is -2.37. The molecule has 1 atom stereocenters. The molecule has 1 aliphatic heterocycles. The van der Waals surface area contributed by atoms with Gasteiger partial charge in [-0.2, -0.15) is 0 Å². The van der Waals surface area contributed by atoms with Crippen LogP contribution in [0.15, 0.2) is 21.4 Å². The van der Waals surface area contributed by atoms with Gasteiger partial charge in [-0.25, -0.2) is 0 Å². The van der Waals surface area contributed by atoms with Crippen LogP contribution >= 0.6 is 15.9 Å². The highest BCUT2D eigenvalue weighted by atomic mass is 79.9. The maximum atomic E-state index is 12.2. The predicted octanol–water partition coefficient (Wildman–Crippen LogP) is 2.60. The molecule has 1 unspecified atom stereocenters. The van der Waals surface area contributed by atoms with Crippen LogP contribution in [0.1, 0.15) is 30.6 Å². The van der Waals surface area contributed by atoms with Crippen molar-refractivity contribution < 1.29 is 9.21 Å². The van der Waals surface area contributed by atoms with Gasteiger partial charge in [0, 0.05) is 32.2 Å². The fraction of sp³-hybridized carbons (Fsp3) is 0.615. The van der Waals surface area contributed by atoms with Crippen LogP contribution in [-0.4, -0.2) is 47.9 Å². The monoisotopic (exact) mass is 314 g/mol. The standard InChI is InChI=1S/C13H19BrN2O2/c1-3-10(2)15-5-7-16(8-6-15)13(17)11-4-9-18-12(11)14/h4,9-10H,3,5-8H2,1-2H3. The molecule has 2 rings (SSSR count). The van der Waals surface area contributed by atoms with E-state index in [0.717, 1.165) is 32.6 Å². The fourth-order valence-electron chi connectivity index (χ4n) is 2.24. The van der Waals surface area contributed by atoms with Crippen molar-refractivity contribution in [2.75, 3.05) is 26.2 Å². The minimum Gasteiger partial charge on any atom is -0.457 e. The van der Waals surface area contributed by atoms with Crippen LogP contribution in [0.25, 0.3) is 0 Å². The smallest absolute Gasteiger partial charge is 0.258 e. The third-order valence-electron chi connectivity index (χ3n) is 3.66. The van der Waals surface area contributed by atoms with Crippen molar-refractivity contribution in [3.8, 4) is 0 Å². The molecule has 2 heterocycles. The number of furan rings is 1. The normalized spacial score (nSPS) is 18.9. The molecule has 0 radical (unpaired) electrons. The lowest BCUT2D eigenvalue weighted by atomic mass is 10.2. The topological polar surface area (TPSA) is 36.7 Å². The number of hydrogen-bond acceptors (Lipinski definition) is 3. The maximum absolute atomic E-state index is 12.2. The van der Waals surface area contributed by atoms with Crippen LogP contribution in [0.5, 0.6) is 0 Å². The zero-order chi connectivity index (χ0) is 13.1. The highest BCUT2D eigenvalue weighted by molar-refractivity contribution is 9.10. The molecule has 100 valence electrons. The molecule has 0 aromatic carbocycles. The number of rotatable bonds is 3. The van der Waals surface area contributed by atoms with Crippen LogP contribution < -0.4 is 0 Å². The van der Waals surface area contributed by atoms with E-state index in [9.17, 15) is 4.79 Å². The second kappa shape index (κ2) is 5.89. The Labute approximate surface area is 116 Å². The number of halogens is 1. The van der Waals surface area contributed by atoms with Crippen molar-refractivity contribution in [2.24, 2.45) is 0 Å². The number of piperazine rings is 1. The molecule has 0 saturated carbocycles. The summed E-state index contributed by atoms with van der Waals surface area (Å²) in [6.45, 7) is 7.93. The lowest BCUT2D eigenvalue weighted by Crippen LogP contribution is -2.51. The Kier molecular flexibility index (Phi) is 4.45. The molecule has 0 bridgehead atoms. The Bertz CT molecular complexity index is 411. The molecule has 1 aliphatic rings. The highest BCUT2D eigenvalue weighted by Gasteiger charge is 2.25. The average molecular weight is 315 g/mol. The van der Waals surface area contributed by atoms with Gasteiger partial charge in [-0.05, 0) is 35.3 Å². The molecule has 4 nitrogen and oxygen atoms in total. The van der Waals surface area contributed by atoms with Gasteiger partial charge < -0.3 is 9.32 Å². The summed E-state index contributed by atoms with van der Waals surface area (Å²) < 4.78 is 5.64. The van der Waals surface area contributed by atoms with Crippen molar-refractivity contribution in [3.63, 3.8) is 0 Å². The first-order valence-electron chi connectivity index (χ1n) is 6.39. The zero-order valence-electron chi connectivity index (χ0n) is 10.9. The van der Waals surface area contributed by atoms with E-state index in [1.54, 1.807) is 6.07 Å². The maximum Gasteiger partial charge on any atom is 0.258 e. The van der Waals surface area contributed by atoms with Crippen molar-refractivity contribution in [1.29, 1.82) is 0 Å². The quantitative estimate of drug-likeness (QED) is 0.860. The van der Waals surface area contributed by atoms with Gasteiger partial charge in [0.05, 0.1) is 11.8 Å². The Balaban J connectivity index is 1.94. The Morgan fingerprint density at radius 2 is 2.11 bits per heavy atom. The third-order valence-corrected chi connectivity index (χ3v) is 4.28. The summed E-state index contributed by atoms with van der Waals surface area (Å²) in [7, 11) is 0. The third kappa shape index (κ3) is 2.78. The minimum absolute atomic E-state index is 0.0550. The SMILES string of the molecule is CCC(C)N1CCN(C(=O)c2ccoc2Br)CC1. The highest BCUT2D eigenvalue weighted by Crippen LogP contribution is 2.20. The molecule has 5 heteroatoms. The molecule has 1 saturated heterocycles. The summed E-state index contributed by atoms with van der Waals surface area (Å²) in [6, 6.07) is 2.32. The molecule has 18 heavy (non-hydrogen) atoms. The minimum atomic E-state index is 0.0550. The van der Waals surface area contributed by atoms with Crippen LogP contribution in [-0.2, 0) is 0 Å². The molecular formula is C13H19BrN2O2. The van der Waals surface area contributed by atoms with Gasteiger partial charge in [0.15, 0.2) is 4.67 Å². The summed E-state index contributed by atoms with van der Waals surface area (Å²) in [6.07, 6.45) is 2.69. The van der Waals surface area contributed by atoms with Crippen molar-refractivity contribution in [3.05, 3.63) is 22.6 Å². The molecule has 0 aliphatic carbocycles. The van der Waals surface area contributed by atoms with E-state index in [2.05, 4.69) is 34.7 Å². The van der Waals surface area contributed by atoms with E-state index in [-0.39, 0.29) is 5.91 Å². The summed E-state index contributed by atoms with van der Waals surface area (Å²) in [5.41, 5.74) is 0.618. The van der Waals surface area contributed by atoms with Gasteiger partial charge in [0.25, 0.3) is 5.91 Å². The second-order valence-electron chi connectivity index (χ2n) is 4.69. The first-order valence-corrected chi connectivity index (χ1v) is 7.19. The molecular weight excluding hydrogens is 296 g/mol. The van der Waals surface area contributed by atoms with E-state index in [1.807, 2.05) is 4.90 Å². The van der Waals surface area contributed by atoms with Gasteiger partial charge in [-0.3, -0.25) is 9.69 Å². The lowest BCUT2D eigenvalue weighted by molar-refractivity contribution is 0.0578. The first-order chi connectivity index (χ1) is 8.63. The number of nitrogens with zero attached hydrogens (tertiary/aromatic N) is 2.